The van der Waals surface area contributed by atoms with Crippen LogP contribution >= 0.6 is 0 Å². The molecule has 1 rings (SSSR count). The summed E-state index contributed by atoms with van der Waals surface area (Å²) in [6.45, 7) is 9.29. The van der Waals surface area contributed by atoms with E-state index in [1.807, 2.05) is 0 Å². The summed E-state index contributed by atoms with van der Waals surface area (Å²) < 4.78 is 39.0. The Kier molecular flexibility index (Phi) is 6.15. The van der Waals surface area contributed by atoms with Gasteiger partial charge in [0.1, 0.15) is 0 Å². The van der Waals surface area contributed by atoms with Crippen molar-refractivity contribution in [1.29, 1.82) is 0 Å². The van der Waals surface area contributed by atoms with Gasteiger partial charge in [0.2, 0.25) is 0 Å². The fraction of sp³-hybridized carbons (Fsp3) is 1.00. The van der Waals surface area contributed by atoms with Gasteiger partial charge in [-0.2, -0.15) is 13.2 Å². The van der Waals surface area contributed by atoms with E-state index >= 15 is 0 Å². The molecule has 114 valence electrons. The van der Waals surface area contributed by atoms with Gasteiger partial charge in [0.15, 0.2) is 0 Å². The first-order chi connectivity index (χ1) is 8.73. The topological polar surface area (TPSA) is 12.0 Å². The molecule has 19 heavy (non-hydrogen) atoms. The van der Waals surface area contributed by atoms with Gasteiger partial charge in [-0.15, -0.1) is 0 Å². The van der Waals surface area contributed by atoms with Crippen LogP contribution in [0.1, 0.15) is 53.4 Å². The number of alkyl halides is 3. The van der Waals surface area contributed by atoms with Crippen LogP contribution in [-0.4, -0.2) is 18.8 Å². The Hall–Kier alpha value is -0.250. The molecule has 0 spiro atoms. The van der Waals surface area contributed by atoms with E-state index in [1.54, 1.807) is 0 Å². The van der Waals surface area contributed by atoms with Gasteiger partial charge in [-0.3, -0.25) is 0 Å². The quantitative estimate of drug-likeness (QED) is 0.774. The average Bonchev–Trinajstić information content (AvgIpc) is 2.27. The summed E-state index contributed by atoms with van der Waals surface area (Å²) in [5.41, 5.74) is 0. The maximum absolute atomic E-state index is 13.0. The van der Waals surface area contributed by atoms with Gasteiger partial charge in [-0.25, -0.2) is 0 Å². The second-order valence-electron chi connectivity index (χ2n) is 6.60. The summed E-state index contributed by atoms with van der Waals surface area (Å²) in [5.74, 6) is 0.290. The molecule has 0 aliphatic heterocycles. The highest BCUT2D eigenvalue weighted by atomic mass is 19.4. The number of hydrogen-bond acceptors (Lipinski definition) is 1. The monoisotopic (exact) mass is 279 g/mol. The molecule has 1 N–H and O–H groups in total. The van der Waals surface area contributed by atoms with Crippen LogP contribution in [0.15, 0.2) is 0 Å². The predicted octanol–water partition coefficient (Wildman–Crippen LogP) is 4.63. The number of halogens is 3. The largest absolute Gasteiger partial charge is 0.393 e. The molecular formula is C15H28F3N. The van der Waals surface area contributed by atoms with Gasteiger partial charge in [-0.1, -0.05) is 40.5 Å². The minimum Gasteiger partial charge on any atom is -0.313 e. The maximum Gasteiger partial charge on any atom is 0.393 e. The lowest BCUT2D eigenvalue weighted by molar-refractivity contribution is -0.189. The van der Waals surface area contributed by atoms with E-state index in [2.05, 4.69) is 33.0 Å². The maximum atomic E-state index is 13.0. The third kappa shape index (κ3) is 4.97. The van der Waals surface area contributed by atoms with Gasteiger partial charge in [-0.05, 0) is 37.1 Å². The predicted molar refractivity (Wildman–Crippen MR) is 73.0 cm³/mol. The molecule has 0 aromatic rings. The third-order valence-electron chi connectivity index (χ3n) is 4.51. The lowest BCUT2D eigenvalue weighted by atomic mass is 9.82. The van der Waals surface area contributed by atoms with Crippen LogP contribution in [0.5, 0.6) is 0 Å². The van der Waals surface area contributed by atoms with Crippen molar-refractivity contribution in [2.45, 2.75) is 65.6 Å². The summed E-state index contributed by atoms with van der Waals surface area (Å²) in [6.07, 6.45) is -1.48. The molecule has 4 heteroatoms. The van der Waals surface area contributed by atoms with E-state index in [-0.39, 0.29) is 12.5 Å². The van der Waals surface area contributed by atoms with E-state index in [0.29, 0.717) is 37.1 Å². The molecule has 0 heterocycles. The van der Waals surface area contributed by atoms with Gasteiger partial charge in [0.25, 0.3) is 0 Å². The minimum atomic E-state index is -4.05. The Morgan fingerprint density at radius 3 is 2.00 bits per heavy atom. The second kappa shape index (κ2) is 6.96. The van der Waals surface area contributed by atoms with E-state index in [1.165, 1.54) is 0 Å². The van der Waals surface area contributed by atoms with Crippen molar-refractivity contribution in [2.24, 2.45) is 23.7 Å². The molecule has 2 atom stereocenters. The van der Waals surface area contributed by atoms with Crippen molar-refractivity contribution in [3.05, 3.63) is 0 Å². The number of hydrogen-bond donors (Lipinski definition) is 1. The molecule has 0 amide bonds. The lowest BCUT2D eigenvalue weighted by Crippen LogP contribution is -2.47. The zero-order chi connectivity index (χ0) is 14.6. The first kappa shape index (κ1) is 16.8. The normalized spacial score (nSPS) is 25.6. The van der Waals surface area contributed by atoms with E-state index in [4.69, 9.17) is 0 Å². The third-order valence-corrected chi connectivity index (χ3v) is 4.51. The molecule has 0 radical (unpaired) electrons. The number of rotatable bonds is 5. The van der Waals surface area contributed by atoms with Crippen molar-refractivity contribution in [2.75, 3.05) is 6.54 Å². The molecule has 1 saturated carbocycles. The highest BCUT2D eigenvalue weighted by Gasteiger charge is 2.45. The summed E-state index contributed by atoms with van der Waals surface area (Å²) in [5, 5.41) is 3.22. The summed E-state index contributed by atoms with van der Waals surface area (Å²) in [6, 6.07) is -0.381. The van der Waals surface area contributed by atoms with Crippen LogP contribution in [0.4, 0.5) is 13.2 Å². The van der Waals surface area contributed by atoms with Gasteiger partial charge < -0.3 is 5.32 Å². The smallest absolute Gasteiger partial charge is 0.313 e. The molecule has 2 unspecified atom stereocenters. The molecule has 0 aromatic carbocycles. The fourth-order valence-electron chi connectivity index (χ4n) is 3.30. The Morgan fingerprint density at radius 1 is 1.00 bits per heavy atom. The van der Waals surface area contributed by atoms with Crippen molar-refractivity contribution in [3.63, 3.8) is 0 Å². The van der Waals surface area contributed by atoms with Crippen molar-refractivity contribution in [1.82, 2.24) is 5.32 Å². The standard InChI is InChI=1S/C15H28F3N/c1-10(2)12(11(3)4)9-19-14-8-6-5-7-13(14)15(16,17)18/h10-14,19H,5-9H2,1-4H3. The first-order valence-electron chi connectivity index (χ1n) is 7.53. The molecule has 0 aromatic heterocycles. The summed E-state index contributed by atoms with van der Waals surface area (Å²) in [4.78, 5) is 0. The van der Waals surface area contributed by atoms with Crippen LogP contribution in [0, 0.1) is 23.7 Å². The van der Waals surface area contributed by atoms with Gasteiger partial charge in [0, 0.05) is 6.04 Å². The van der Waals surface area contributed by atoms with E-state index in [0.717, 1.165) is 6.42 Å². The average molecular weight is 279 g/mol. The summed E-state index contributed by atoms with van der Waals surface area (Å²) >= 11 is 0. The highest BCUT2D eigenvalue weighted by molar-refractivity contribution is 4.86. The Labute approximate surface area is 115 Å². The fourth-order valence-corrected chi connectivity index (χ4v) is 3.30. The van der Waals surface area contributed by atoms with Crippen LogP contribution in [0.2, 0.25) is 0 Å². The molecule has 0 saturated heterocycles. The Morgan fingerprint density at radius 2 is 1.53 bits per heavy atom. The molecule has 1 aliphatic carbocycles. The highest BCUT2D eigenvalue weighted by Crippen LogP contribution is 2.38. The van der Waals surface area contributed by atoms with E-state index < -0.39 is 12.1 Å². The van der Waals surface area contributed by atoms with Crippen molar-refractivity contribution in [3.8, 4) is 0 Å². The molecule has 1 aliphatic rings. The van der Waals surface area contributed by atoms with Gasteiger partial charge >= 0.3 is 6.18 Å². The first-order valence-corrected chi connectivity index (χ1v) is 7.53. The van der Waals surface area contributed by atoms with E-state index in [9.17, 15) is 13.2 Å². The Bertz CT molecular complexity index is 253. The Balaban J connectivity index is 2.58. The SMILES string of the molecule is CC(C)C(CNC1CCCCC1C(F)(F)F)C(C)C. The number of nitrogens with one attached hydrogen (secondary N) is 1. The zero-order valence-electron chi connectivity index (χ0n) is 12.6. The van der Waals surface area contributed by atoms with Gasteiger partial charge in [0.05, 0.1) is 5.92 Å². The second-order valence-corrected chi connectivity index (χ2v) is 6.60. The lowest BCUT2D eigenvalue weighted by Gasteiger charge is -2.36. The zero-order valence-corrected chi connectivity index (χ0v) is 12.6. The molecule has 0 bridgehead atoms. The molecule has 1 fully saturated rings. The minimum absolute atomic E-state index is 0.287. The van der Waals surface area contributed by atoms with Crippen molar-refractivity contribution >= 4 is 0 Å². The summed E-state index contributed by atoms with van der Waals surface area (Å²) in [7, 11) is 0. The van der Waals surface area contributed by atoms with Crippen LogP contribution in [0.25, 0.3) is 0 Å². The van der Waals surface area contributed by atoms with Crippen molar-refractivity contribution < 1.29 is 13.2 Å². The molecule has 1 nitrogen and oxygen atoms in total. The van der Waals surface area contributed by atoms with Crippen LogP contribution in [-0.2, 0) is 0 Å². The van der Waals surface area contributed by atoms with Crippen LogP contribution < -0.4 is 5.32 Å². The van der Waals surface area contributed by atoms with Crippen LogP contribution in [0.3, 0.4) is 0 Å². The molecular weight excluding hydrogens is 251 g/mol.